The van der Waals surface area contributed by atoms with Crippen molar-refractivity contribution in [1.82, 2.24) is 9.80 Å². The van der Waals surface area contributed by atoms with E-state index in [1.807, 2.05) is 73.3 Å². The third kappa shape index (κ3) is 6.55. The standard InChI is InChI=1S/C28H34N2O2S/c1-5-22(4)30(28(32)25-14-12-23(6-2)13-15-25)20-27(31)29(18-24-10-8-7-9-11-24)19-26-21(3)16-17-33-26/h7-17,22H,5-6,18-20H2,1-4H3. The normalized spacial score (nSPS) is 11.8. The molecule has 0 aliphatic rings. The quantitative estimate of drug-likeness (QED) is 0.366. The predicted octanol–water partition coefficient (Wildman–Crippen LogP) is 6.09. The maximum Gasteiger partial charge on any atom is 0.254 e. The van der Waals surface area contributed by atoms with Crippen molar-refractivity contribution >= 4 is 23.2 Å². The molecule has 0 N–H and O–H groups in total. The molecular formula is C28H34N2O2S. The number of hydrogen-bond donors (Lipinski definition) is 0. The zero-order valence-corrected chi connectivity index (χ0v) is 20.9. The van der Waals surface area contributed by atoms with Gasteiger partial charge in [-0.2, -0.15) is 0 Å². The van der Waals surface area contributed by atoms with Crippen molar-refractivity contribution in [3.05, 3.63) is 93.2 Å². The lowest BCUT2D eigenvalue weighted by Gasteiger charge is -2.31. The van der Waals surface area contributed by atoms with Gasteiger partial charge in [-0.1, -0.05) is 56.3 Å². The summed E-state index contributed by atoms with van der Waals surface area (Å²) in [6, 6.07) is 19.8. The summed E-state index contributed by atoms with van der Waals surface area (Å²) >= 11 is 1.67. The molecule has 1 heterocycles. The van der Waals surface area contributed by atoms with Gasteiger partial charge in [0.25, 0.3) is 5.91 Å². The lowest BCUT2D eigenvalue weighted by Crippen LogP contribution is -2.46. The first kappa shape index (κ1) is 24.7. The largest absolute Gasteiger partial charge is 0.332 e. The van der Waals surface area contributed by atoms with Crippen LogP contribution in [0.25, 0.3) is 0 Å². The summed E-state index contributed by atoms with van der Waals surface area (Å²) in [6.45, 7) is 9.36. The molecule has 5 heteroatoms. The van der Waals surface area contributed by atoms with E-state index >= 15 is 0 Å². The molecule has 0 radical (unpaired) electrons. The molecule has 0 aliphatic carbocycles. The fourth-order valence-corrected chi connectivity index (χ4v) is 4.64. The number of thiophene rings is 1. The van der Waals surface area contributed by atoms with Gasteiger partial charge < -0.3 is 9.80 Å². The monoisotopic (exact) mass is 462 g/mol. The van der Waals surface area contributed by atoms with E-state index in [9.17, 15) is 9.59 Å². The van der Waals surface area contributed by atoms with Crippen LogP contribution in [0.1, 0.15) is 59.1 Å². The second-order valence-corrected chi connectivity index (χ2v) is 9.50. The Balaban J connectivity index is 1.83. The minimum atomic E-state index is -0.0904. The third-order valence-corrected chi connectivity index (χ3v) is 7.18. The van der Waals surface area contributed by atoms with Crippen molar-refractivity contribution in [2.24, 2.45) is 0 Å². The smallest absolute Gasteiger partial charge is 0.254 e. The van der Waals surface area contributed by atoms with Gasteiger partial charge in [-0.05, 0) is 67.0 Å². The van der Waals surface area contributed by atoms with Crippen LogP contribution in [0.3, 0.4) is 0 Å². The van der Waals surface area contributed by atoms with Crippen molar-refractivity contribution in [3.8, 4) is 0 Å². The van der Waals surface area contributed by atoms with Crippen LogP contribution in [-0.4, -0.2) is 34.2 Å². The fraction of sp³-hybridized carbons (Fsp3) is 0.357. The van der Waals surface area contributed by atoms with Gasteiger partial charge in [-0.3, -0.25) is 9.59 Å². The van der Waals surface area contributed by atoms with Crippen molar-refractivity contribution in [2.75, 3.05) is 6.54 Å². The topological polar surface area (TPSA) is 40.6 Å². The summed E-state index contributed by atoms with van der Waals surface area (Å²) < 4.78 is 0. The van der Waals surface area contributed by atoms with E-state index in [1.165, 1.54) is 16.0 Å². The molecule has 174 valence electrons. The van der Waals surface area contributed by atoms with Gasteiger partial charge in [0.2, 0.25) is 5.91 Å². The lowest BCUT2D eigenvalue weighted by molar-refractivity contribution is -0.133. The van der Waals surface area contributed by atoms with E-state index in [0.29, 0.717) is 18.7 Å². The maximum atomic E-state index is 13.6. The first-order valence-electron chi connectivity index (χ1n) is 11.7. The third-order valence-electron chi connectivity index (χ3n) is 6.17. The molecule has 2 amide bonds. The second-order valence-electron chi connectivity index (χ2n) is 8.50. The van der Waals surface area contributed by atoms with Gasteiger partial charge in [0, 0.05) is 23.0 Å². The minimum absolute atomic E-state index is 0.0330. The summed E-state index contributed by atoms with van der Waals surface area (Å²) in [5, 5.41) is 2.06. The van der Waals surface area contributed by atoms with Crippen molar-refractivity contribution in [3.63, 3.8) is 0 Å². The predicted molar refractivity (Wildman–Crippen MR) is 136 cm³/mol. The Labute approximate surface area is 201 Å². The van der Waals surface area contributed by atoms with E-state index in [2.05, 4.69) is 25.3 Å². The summed E-state index contributed by atoms with van der Waals surface area (Å²) in [6.07, 6.45) is 1.72. The Morgan fingerprint density at radius 2 is 1.61 bits per heavy atom. The van der Waals surface area contributed by atoms with Crippen LogP contribution in [0.4, 0.5) is 0 Å². The second kappa shape index (κ2) is 11.8. The van der Waals surface area contributed by atoms with Gasteiger partial charge >= 0.3 is 0 Å². The molecule has 1 aromatic heterocycles. The molecule has 0 saturated carbocycles. The van der Waals surface area contributed by atoms with Crippen molar-refractivity contribution in [1.29, 1.82) is 0 Å². The summed E-state index contributed by atoms with van der Waals surface area (Å²) in [7, 11) is 0. The minimum Gasteiger partial charge on any atom is -0.332 e. The zero-order chi connectivity index (χ0) is 23.8. The molecule has 33 heavy (non-hydrogen) atoms. The average Bonchev–Trinajstić information content (AvgIpc) is 3.26. The molecule has 0 aliphatic heterocycles. The molecule has 0 spiro atoms. The molecule has 0 fully saturated rings. The van der Waals surface area contributed by atoms with Crippen LogP contribution < -0.4 is 0 Å². The molecule has 0 saturated heterocycles. The molecule has 1 atom stereocenters. The van der Waals surface area contributed by atoms with Crippen LogP contribution in [0, 0.1) is 6.92 Å². The van der Waals surface area contributed by atoms with Crippen LogP contribution in [0.2, 0.25) is 0 Å². The highest BCUT2D eigenvalue weighted by Gasteiger charge is 2.26. The fourth-order valence-electron chi connectivity index (χ4n) is 3.72. The highest BCUT2D eigenvalue weighted by atomic mass is 32.1. The summed E-state index contributed by atoms with van der Waals surface area (Å²) in [5.74, 6) is -0.127. The molecular weight excluding hydrogens is 428 g/mol. The Hall–Kier alpha value is -2.92. The van der Waals surface area contributed by atoms with Crippen LogP contribution in [0.15, 0.2) is 66.0 Å². The number of rotatable bonds is 10. The Morgan fingerprint density at radius 3 is 2.18 bits per heavy atom. The highest BCUT2D eigenvalue weighted by Crippen LogP contribution is 2.20. The zero-order valence-electron chi connectivity index (χ0n) is 20.1. The van der Waals surface area contributed by atoms with Gasteiger partial charge in [-0.15, -0.1) is 11.3 Å². The highest BCUT2D eigenvalue weighted by molar-refractivity contribution is 7.10. The first-order chi connectivity index (χ1) is 15.9. The number of hydrogen-bond acceptors (Lipinski definition) is 3. The molecule has 0 bridgehead atoms. The summed E-state index contributed by atoms with van der Waals surface area (Å²) in [4.78, 5) is 31.8. The van der Waals surface area contributed by atoms with E-state index in [-0.39, 0.29) is 24.4 Å². The lowest BCUT2D eigenvalue weighted by atomic mass is 10.1. The number of benzene rings is 2. The van der Waals surface area contributed by atoms with Gasteiger partial charge in [-0.25, -0.2) is 0 Å². The SMILES string of the molecule is CCc1ccc(C(=O)N(CC(=O)N(Cc2ccccc2)Cc2sccc2C)C(C)CC)cc1. The van der Waals surface area contributed by atoms with Crippen LogP contribution in [0.5, 0.6) is 0 Å². The number of amides is 2. The van der Waals surface area contributed by atoms with E-state index < -0.39 is 0 Å². The van der Waals surface area contributed by atoms with Gasteiger partial charge in [0.1, 0.15) is 6.54 Å². The molecule has 4 nitrogen and oxygen atoms in total. The molecule has 2 aromatic carbocycles. The van der Waals surface area contributed by atoms with Gasteiger partial charge in [0.05, 0.1) is 6.54 Å². The Bertz CT molecular complexity index is 1040. The Kier molecular flexibility index (Phi) is 8.84. The van der Waals surface area contributed by atoms with Crippen LogP contribution >= 0.6 is 11.3 Å². The number of nitrogens with zero attached hydrogens (tertiary/aromatic N) is 2. The first-order valence-corrected chi connectivity index (χ1v) is 12.5. The van der Waals surface area contributed by atoms with Crippen molar-refractivity contribution in [2.45, 2.75) is 59.7 Å². The molecule has 3 aromatic rings. The van der Waals surface area contributed by atoms with E-state index in [0.717, 1.165) is 18.4 Å². The van der Waals surface area contributed by atoms with Gasteiger partial charge in [0.15, 0.2) is 0 Å². The molecule has 3 rings (SSSR count). The Morgan fingerprint density at radius 1 is 0.909 bits per heavy atom. The average molecular weight is 463 g/mol. The molecule has 1 unspecified atom stereocenters. The van der Waals surface area contributed by atoms with Crippen molar-refractivity contribution < 1.29 is 9.59 Å². The number of carbonyl (C=O) groups excluding carboxylic acids is 2. The van der Waals surface area contributed by atoms with Crippen LogP contribution in [-0.2, 0) is 24.3 Å². The number of carbonyl (C=O) groups is 2. The maximum absolute atomic E-state index is 13.6. The summed E-state index contributed by atoms with van der Waals surface area (Å²) in [5.41, 5.74) is 4.09. The van der Waals surface area contributed by atoms with E-state index in [1.54, 1.807) is 16.2 Å². The number of aryl methyl sites for hydroxylation is 2. The van der Waals surface area contributed by atoms with E-state index in [4.69, 9.17) is 0 Å².